The van der Waals surface area contributed by atoms with Gasteiger partial charge in [0.2, 0.25) is 0 Å². The lowest BCUT2D eigenvalue weighted by Gasteiger charge is -2.19. The first-order valence-corrected chi connectivity index (χ1v) is 9.22. The van der Waals surface area contributed by atoms with E-state index < -0.39 is 0 Å². The molecule has 3 aromatic carbocycles. The molecule has 130 valence electrons. The fraction of sp³-hybridized carbons (Fsp3) is 0.304. The minimum Gasteiger partial charge on any atom is -0.494 e. The Morgan fingerprint density at radius 1 is 0.960 bits per heavy atom. The average Bonchev–Trinajstić information content (AvgIpc) is 2.63. The molecule has 2 nitrogen and oxygen atoms in total. The molecule has 0 saturated carbocycles. The molecule has 0 bridgehead atoms. The Morgan fingerprint density at radius 3 is 2.56 bits per heavy atom. The fourth-order valence-electron chi connectivity index (χ4n) is 3.39. The van der Waals surface area contributed by atoms with E-state index in [1.165, 1.54) is 21.9 Å². The van der Waals surface area contributed by atoms with Gasteiger partial charge in [0.25, 0.3) is 0 Å². The van der Waals surface area contributed by atoms with Crippen LogP contribution in [0.15, 0.2) is 60.7 Å². The van der Waals surface area contributed by atoms with Crippen LogP contribution in [0.3, 0.4) is 0 Å². The summed E-state index contributed by atoms with van der Waals surface area (Å²) < 4.78 is 5.76. The van der Waals surface area contributed by atoms with Gasteiger partial charge >= 0.3 is 0 Å². The molecule has 0 aliphatic heterocycles. The van der Waals surface area contributed by atoms with Crippen LogP contribution in [0.2, 0.25) is 0 Å². The van der Waals surface area contributed by atoms with Gasteiger partial charge in [-0.2, -0.15) is 0 Å². The Kier molecular flexibility index (Phi) is 5.60. The van der Waals surface area contributed by atoms with Gasteiger partial charge in [-0.15, -0.1) is 0 Å². The smallest absolute Gasteiger partial charge is 0.122 e. The first-order chi connectivity index (χ1) is 12.2. The van der Waals surface area contributed by atoms with E-state index in [1.54, 1.807) is 0 Å². The number of aryl methyl sites for hydroxylation is 1. The first kappa shape index (κ1) is 17.3. The summed E-state index contributed by atoms with van der Waals surface area (Å²) in [4.78, 5) is 0. The Hall–Kier alpha value is -2.48. The van der Waals surface area contributed by atoms with Gasteiger partial charge in [-0.25, -0.2) is 0 Å². The van der Waals surface area contributed by atoms with E-state index in [0.717, 1.165) is 24.3 Å². The molecule has 0 heterocycles. The molecule has 0 aliphatic carbocycles. The monoisotopic (exact) mass is 333 g/mol. The third kappa shape index (κ3) is 3.96. The largest absolute Gasteiger partial charge is 0.494 e. The number of hydrogen-bond acceptors (Lipinski definition) is 2. The Bertz CT molecular complexity index is 835. The van der Waals surface area contributed by atoms with E-state index in [1.807, 2.05) is 6.92 Å². The molecule has 0 radical (unpaired) electrons. The summed E-state index contributed by atoms with van der Waals surface area (Å²) in [5.41, 5.74) is 3.75. The summed E-state index contributed by atoms with van der Waals surface area (Å²) in [5, 5.41) is 6.26. The Labute approximate surface area is 150 Å². The molecule has 0 amide bonds. The highest BCUT2D eigenvalue weighted by Gasteiger charge is 2.11. The maximum atomic E-state index is 5.76. The van der Waals surface area contributed by atoms with Gasteiger partial charge in [0.1, 0.15) is 5.75 Å². The minimum absolute atomic E-state index is 0.235. The normalized spacial score (nSPS) is 12.1. The molecular formula is C23H27NO. The second kappa shape index (κ2) is 8.06. The van der Waals surface area contributed by atoms with Crippen molar-refractivity contribution in [3.05, 3.63) is 71.8 Å². The van der Waals surface area contributed by atoms with Crippen molar-refractivity contribution in [3.63, 3.8) is 0 Å². The number of anilines is 1. The van der Waals surface area contributed by atoms with Crippen molar-refractivity contribution in [1.29, 1.82) is 0 Å². The van der Waals surface area contributed by atoms with Gasteiger partial charge in [0.15, 0.2) is 0 Å². The van der Waals surface area contributed by atoms with Crippen molar-refractivity contribution in [2.24, 2.45) is 0 Å². The number of ether oxygens (including phenoxy) is 1. The zero-order valence-corrected chi connectivity index (χ0v) is 15.4. The van der Waals surface area contributed by atoms with Crippen LogP contribution in [0.1, 0.15) is 44.4 Å². The Morgan fingerprint density at radius 2 is 1.76 bits per heavy atom. The van der Waals surface area contributed by atoms with E-state index in [-0.39, 0.29) is 6.04 Å². The summed E-state index contributed by atoms with van der Waals surface area (Å²) in [6, 6.07) is 21.8. The quantitative estimate of drug-likeness (QED) is 0.543. The zero-order valence-electron chi connectivity index (χ0n) is 15.4. The second-order valence-electron chi connectivity index (χ2n) is 6.44. The molecule has 0 aliphatic rings. The van der Waals surface area contributed by atoms with E-state index in [2.05, 4.69) is 79.8 Å². The topological polar surface area (TPSA) is 21.3 Å². The van der Waals surface area contributed by atoms with Crippen LogP contribution in [-0.2, 0) is 6.42 Å². The summed E-state index contributed by atoms with van der Waals surface area (Å²) in [6.07, 6.45) is 2.15. The van der Waals surface area contributed by atoms with Crippen LogP contribution in [0.4, 0.5) is 5.69 Å². The third-order valence-electron chi connectivity index (χ3n) is 4.55. The predicted octanol–water partition coefficient (Wildman–Crippen LogP) is 6.36. The van der Waals surface area contributed by atoms with Crippen molar-refractivity contribution in [2.75, 3.05) is 11.9 Å². The van der Waals surface area contributed by atoms with Gasteiger partial charge < -0.3 is 10.1 Å². The highest BCUT2D eigenvalue weighted by Crippen LogP contribution is 2.29. The van der Waals surface area contributed by atoms with Crippen LogP contribution in [0, 0.1) is 0 Å². The molecule has 0 unspecified atom stereocenters. The summed E-state index contributed by atoms with van der Waals surface area (Å²) in [7, 11) is 0. The number of hydrogen-bond donors (Lipinski definition) is 1. The minimum atomic E-state index is 0.235. The standard InChI is InChI=1S/C23H27NO/c1-4-9-19-16-20(14-15-23(19)25-5-2)24-17(3)21-13-8-11-18-10-6-7-12-22(18)21/h6-8,10-17,24H,4-5,9H2,1-3H3/t17-/m1/s1. The van der Waals surface area contributed by atoms with Gasteiger partial charge in [0, 0.05) is 11.7 Å². The molecule has 0 fully saturated rings. The number of benzene rings is 3. The molecule has 1 N–H and O–H groups in total. The fourth-order valence-corrected chi connectivity index (χ4v) is 3.39. The maximum Gasteiger partial charge on any atom is 0.122 e. The average molecular weight is 333 g/mol. The maximum absolute atomic E-state index is 5.76. The van der Waals surface area contributed by atoms with Crippen molar-refractivity contribution < 1.29 is 4.74 Å². The van der Waals surface area contributed by atoms with Crippen LogP contribution >= 0.6 is 0 Å². The van der Waals surface area contributed by atoms with E-state index in [4.69, 9.17) is 4.74 Å². The van der Waals surface area contributed by atoms with Gasteiger partial charge in [-0.05, 0) is 60.4 Å². The van der Waals surface area contributed by atoms with Crippen LogP contribution < -0.4 is 10.1 Å². The van der Waals surface area contributed by atoms with Crippen molar-refractivity contribution in [1.82, 2.24) is 0 Å². The number of fused-ring (bicyclic) bond motifs is 1. The molecule has 3 aromatic rings. The lowest BCUT2D eigenvalue weighted by Crippen LogP contribution is -2.08. The third-order valence-corrected chi connectivity index (χ3v) is 4.55. The molecular weight excluding hydrogens is 306 g/mol. The SMILES string of the molecule is CCCc1cc(N[C@H](C)c2cccc3ccccc23)ccc1OCC. The highest BCUT2D eigenvalue weighted by molar-refractivity contribution is 5.86. The molecule has 3 rings (SSSR count). The van der Waals surface area contributed by atoms with Crippen LogP contribution in [-0.4, -0.2) is 6.61 Å². The lowest BCUT2D eigenvalue weighted by atomic mass is 9.99. The summed E-state index contributed by atoms with van der Waals surface area (Å²) in [6.45, 7) is 7.16. The van der Waals surface area contributed by atoms with Crippen molar-refractivity contribution in [3.8, 4) is 5.75 Å². The van der Waals surface area contributed by atoms with Crippen LogP contribution in [0.25, 0.3) is 10.8 Å². The highest BCUT2D eigenvalue weighted by atomic mass is 16.5. The van der Waals surface area contributed by atoms with E-state index >= 15 is 0 Å². The van der Waals surface area contributed by atoms with E-state index in [0.29, 0.717) is 6.61 Å². The van der Waals surface area contributed by atoms with Crippen molar-refractivity contribution >= 4 is 16.5 Å². The van der Waals surface area contributed by atoms with Gasteiger partial charge in [0.05, 0.1) is 6.61 Å². The predicted molar refractivity (Wildman–Crippen MR) is 108 cm³/mol. The van der Waals surface area contributed by atoms with Gasteiger partial charge in [-0.1, -0.05) is 55.8 Å². The summed E-state index contributed by atoms with van der Waals surface area (Å²) in [5.74, 6) is 1.01. The van der Waals surface area contributed by atoms with Crippen LogP contribution in [0.5, 0.6) is 5.75 Å². The molecule has 2 heteroatoms. The second-order valence-corrected chi connectivity index (χ2v) is 6.44. The lowest BCUT2D eigenvalue weighted by molar-refractivity contribution is 0.336. The van der Waals surface area contributed by atoms with Gasteiger partial charge in [-0.3, -0.25) is 0 Å². The zero-order chi connectivity index (χ0) is 17.6. The van der Waals surface area contributed by atoms with E-state index in [9.17, 15) is 0 Å². The van der Waals surface area contributed by atoms with Crippen molar-refractivity contribution in [2.45, 2.75) is 39.7 Å². The number of rotatable bonds is 7. The molecule has 0 spiro atoms. The number of nitrogens with one attached hydrogen (secondary N) is 1. The summed E-state index contributed by atoms with van der Waals surface area (Å²) >= 11 is 0. The Balaban J connectivity index is 1.87. The molecule has 25 heavy (non-hydrogen) atoms. The first-order valence-electron chi connectivity index (χ1n) is 9.22. The molecule has 0 aromatic heterocycles. The molecule has 0 saturated heterocycles. The molecule has 1 atom stereocenters.